The number of carboxylic acid groups (broad SMARTS) is 1. The minimum atomic E-state index is -4.44. The Hall–Kier alpha value is -4.28. The van der Waals surface area contributed by atoms with E-state index in [1.807, 2.05) is 4.68 Å². The second kappa shape index (κ2) is 10.1. The highest BCUT2D eigenvalue weighted by Gasteiger charge is 2.40. The van der Waals surface area contributed by atoms with Gasteiger partial charge in [-0.15, -0.1) is 0 Å². The summed E-state index contributed by atoms with van der Waals surface area (Å²) < 4.78 is 47.9. The fourth-order valence-corrected chi connectivity index (χ4v) is 5.28. The normalized spacial score (nSPS) is 16.5. The van der Waals surface area contributed by atoms with Gasteiger partial charge in [0.25, 0.3) is 5.56 Å². The van der Waals surface area contributed by atoms with E-state index in [1.54, 1.807) is 23.7 Å². The minimum absolute atomic E-state index is 0.0631. The predicted molar refractivity (Wildman–Crippen MR) is 136 cm³/mol. The lowest BCUT2D eigenvalue weighted by Gasteiger charge is -2.29. The van der Waals surface area contributed by atoms with Gasteiger partial charge in [0.05, 0.1) is 34.8 Å². The van der Waals surface area contributed by atoms with E-state index in [2.05, 4.69) is 5.32 Å². The molecule has 2 aromatic carbocycles. The minimum Gasteiger partial charge on any atom is -0.478 e. The number of nitrogens with zero attached hydrogens (tertiary/aromatic N) is 2. The smallest absolute Gasteiger partial charge is 0.416 e. The van der Waals surface area contributed by atoms with Crippen molar-refractivity contribution < 1.29 is 32.6 Å². The Morgan fingerprint density at radius 3 is 2.31 bits per heavy atom. The first-order valence-electron chi connectivity index (χ1n) is 12.6. The van der Waals surface area contributed by atoms with E-state index in [9.17, 15) is 32.7 Å². The number of benzene rings is 2. The molecule has 3 aromatic rings. The maximum atomic E-state index is 13.5. The molecule has 2 aliphatic heterocycles. The molecule has 3 heterocycles. The molecule has 1 aromatic heterocycles. The SMILES string of the molecule is CCOC(=O)C1=C(CCc2ccc(C(F)(F)F)cc2)Nc2c(c(=O)n3n2CCC3)C1c1ccc(C(=O)O)cc1. The van der Waals surface area contributed by atoms with E-state index < -0.39 is 29.6 Å². The number of anilines is 1. The number of alkyl halides is 3. The molecule has 0 bridgehead atoms. The van der Waals surface area contributed by atoms with Crippen LogP contribution in [0.25, 0.3) is 0 Å². The van der Waals surface area contributed by atoms with E-state index in [0.29, 0.717) is 47.7 Å². The van der Waals surface area contributed by atoms with E-state index in [0.717, 1.165) is 18.6 Å². The summed E-state index contributed by atoms with van der Waals surface area (Å²) in [7, 11) is 0. The molecule has 0 saturated carbocycles. The molecule has 11 heteroatoms. The molecule has 0 spiro atoms. The summed E-state index contributed by atoms with van der Waals surface area (Å²) in [6.45, 7) is 2.88. The number of fused-ring (bicyclic) bond motifs is 3. The summed E-state index contributed by atoms with van der Waals surface area (Å²) in [6, 6.07) is 10.9. The zero-order valence-corrected chi connectivity index (χ0v) is 21.0. The number of rotatable bonds is 7. The lowest BCUT2D eigenvalue weighted by atomic mass is 9.81. The average molecular weight is 542 g/mol. The number of nitrogens with one attached hydrogen (secondary N) is 1. The Balaban J connectivity index is 1.60. The number of ether oxygens (including phenoxy) is 1. The van der Waals surface area contributed by atoms with Gasteiger partial charge in [-0.05, 0) is 61.6 Å². The summed E-state index contributed by atoms with van der Waals surface area (Å²) in [5.41, 5.74) is 1.37. The number of carbonyl (C=O) groups excluding carboxylic acids is 1. The van der Waals surface area contributed by atoms with Crippen LogP contribution in [0.4, 0.5) is 19.0 Å². The van der Waals surface area contributed by atoms with Crippen LogP contribution in [0.1, 0.15) is 58.3 Å². The van der Waals surface area contributed by atoms with Crippen LogP contribution in [0.2, 0.25) is 0 Å². The molecule has 0 amide bonds. The van der Waals surface area contributed by atoms with Crippen molar-refractivity contribution in [1.29, 1.82) is 0 Å². The summed E-state index contributed by atoms with van der Waals surface area (Å²) in [4.78, 5) is 38.3. The van der Waals surface area contributed by atoms with E-state index >= 15 is 0 Å². The number of carbonyl (C=O) groups is 2. The molecular weight excluding hydrogens is 515 g/mol. The van der Waals surface area contributed by atoms with Gasteiger partial charge >= 0.3 is 18.1 Å². The van der Waals surface area contributed by atoms with Gasteiger partial charge < -0.3 is 15.2 Å². The van der Waals surface area contributed by atoms with Gasteiger partial charge in [0.2, 0.25) is 0 Å². The Bertz CT molecular complexity index is 1520. The highest BCUT2D eigenvalue weighted by atomic mass is 19.4. The number of hydrogen-bond acceptors (Lipinski definition) is 5. The predicted octanol–water partition coefficient (Wildman–Crippen LogP) is 4.78. The van der Waals surface area contributed by atoms with Crippen LogP contribution in [-0.4, -0.2) is 33.0 Å². The fraction of sp³-hybridized carbons (Fsp3) is 0.321. The first-order chi connectivity index (χ1) is 18.6. The van der Waals surface area contributed by atoms with Crippen LogP contribution in [0, 0.1) is 0 Å². The Morgan fingerprint density at radius 2 is 1.69 bits per heavy atom. The van der Waals surface area contributed by atoms with Gasteiger partial charge in [-0.2, -0.15) is 13.2 Å². The molecule has 0 aliphatic carbocycles. The monoisotopic (exact) mass is 541 g/mol. The standard InChI is InChI=1S/C28H26F3N3O5/c1-2-39-27(38)22-20(13-6-16-4-11-19(12-5-16)28(29,30)31)32-24-23(25(35)34-15-3-14-33(24)34)21(22)17-7-9-18(10-8-17)26(36)37/h4-5,7-12,21,32H,2-3,6,13-15H2,1H3,(H,36,37). The number of aromatic nitrogens is 2. The lowest BCUT2D eigenvalue weighted by Crippen LogP contribution is -2.29. The number of esters is 1. The summed E-state index contributed by atoms with van der Waals surface area (Å²) in [5, 5.41) is 12.6. The van der Waals surface area contributed by atoms with Gasteiger partial charge in [-0.25, -0.2) is 14.3 Å². The van der Waals surface area contributed by atoms with Gasteiger partial charge in [-0.1, -0.05) is 24.3 Å². The number of hydrogen-bond donors (Lipinski definition) is 2. The lowest BCUT2D eigenvalue weighted by molar-refractivity contribution is -0.139. The van der Waals surface area contributed by atoms with Crippen molar-refractivity contribution in [3.8, 4) is 0 Å². The van der Waals surface area contributed by atoms with Gasteiger partial charge in [-0.3, -0.25) is 9.48 Å². The number of aromatic carboxylic acids is 1. The van der Waals surface area contributed by atoms with Crippen molar-refractivity contribution in [3.63, 3.8) is 0 Å². The van der Waals surface area contributed by atoms with Gasteiger partial charge in [0, 0.05) is 18.8 Å². The molecule has 1 unspecified atom stereocenters. The van der Waals surface area contributed by atoms with Crippen LogP contribution >= 0.6 is 0 Å². The van der Waals surface area contributed by atoms with Crippen molar-refractivity contribution in [2.75, 3.05) is 11.9 Å². The maximum absolute atomic E-state index is 13.5. The van der Waals surface area contributed by atoms with Crippen LogP contribution in [0.5, 0.6) is 0 Å². The molecule has 204 valence electrons. The Labute approximate surface area is 221 Å². The molecule has 8 nitrogen and oxygen atoms in total. The molecule has 5 rings (SSSR count). The van der Waals surface area contributed by atoms with Crippen molar-refractivity contribution >= 4 is 17.8 Å². The van der Waals surface area contributed by atoms with E-state index in [4.69, 9.17) is 4.74 Å². The zero-order valence-electron chi connectivity index (χ0n) is 21.0. The number of allylic oxidation sites excluding steroid dienone is 1. The third kappa shape index (κ3) is 4.84. The largest absolute Gasteiger partial charge is 0.478 e. The zero-order chi connectivity index (χ0) is 27.9. The van der Waals surface area contributed by atoms with Crippen LogP contribution < -0.4 is 10.9 Å². The number of halogens is 3. The summed E-state index contributed by atoms with van der Waals surface area (Å²) in [6.07, 6.45) is -3.07. The number of aryl methyl sites for hydroxylation is 1. The van der Waals surface area contributed by atoms with Gasteiger partial charge in [0.1, 0.15) is 5.82 Å². The molecule has 2 N–H and O–H groups in total. The van der Waals surface area contributed by atoms with E-state index in [1.165, 1.54) is 24.3 Å². The fourth-order valence-electron chi connectivity index (χ4n) is 5.28. The highest BCUT2D eigenvalue weighted by Crippen LogP contribution is 2.43. The van der Waals surface area contributed by atoms with Crippen molar-refractivity contribution in [2.24, 2.45) is 0 Å². The van der Waals surface area contributed by atoms with Crippen molar-refractivity contribution in [1.82, 2.24) is 9.36 Å². The third-order valence-corrected chi connectivity index (χ3v) is 7.11. The maximum Gasteiger partial charge on any atom is 0.416 e. The second-order valence-electron chi connectivity index (χ2n) is 9.46. The van der Waals surface area contributed by atoms with E-state index in [-0.39, 0.29) is 29.7 Å². The Morgan fingerprint density at radius 1 is 1.03 bits per heavy atom. The molecule has 0 saturated heterocycles. The van der Waals surface area contributed by atoms with Crippen molar-refractivity contribution in [3.05, 3.63) is 98.0 Å². The first kappa shape index (κ1) is 26.3. The molecule has 39 heavy (non-hydrogen) atoms. The Kier molecular flexibility index (Phi) is 6.83. The number of carboxylic acids is 1. The van der Waals surface area contributed by atoms with Gasteiger partial charge in [0.15, 0.2) is 0 Å². The highest BCUT2D eigenvalue weighted by molar-refractivity contribution is 5.95. The summed E-state index contributed by atoms with van der Waals surface area (Å²) >= 11 is 0. The summed E-state index contributed by atoms with van der Waals surface area (Å²) in [5.74, 6) is -1.99. The quantitative estimate of drug-likeness (QED) is 0.418. The topological polar surface area (TPSA) is 103 Å². The first-order valence-corrected chi connectivity index (χ1v) is 12.6. The third-order valence-electron chi connectivity index (χ3n) is 7.11. The molecule has 0 radical (unpaired) electrons. The van der Waals surface area contributed by atoms with Crippen LogP contribution in [-0.2, 0) is 35.2 Å². The average Bonchev–Trinajstić information content (AvgIpc) is 3.49. The van der Waals surface area contributed by atoms with Crippen LogP contribution in [0.15, 0.2) is 64.6 Å². The van der Waals surface area contributed by atoms with Crippen LogP contribution in [0.3, 0.4) is 0 Å². The molecular formula is C28H26F3N3O5. The second-order valence-corrected chi connectivity index (χ2v) is 9.46. The van der Waals surface area contributed by atoms with Crippen molar-refractivity contribution in [2.45, 2.75) is 51.4 Å². The molecule has 1 atom stereocenters. The molecule has 2 aliphatic rings. The molecule has 0 fully saturated rings.